The Morgan fingerprint density at radius 2 is 2.06 bits per heavy atom. The van der Waals surface area contributed by atoms with Crippen molar-refractivity contribution in [1.82, 2.24) is 9.55 Å². The molecule has 1 aliphatic heterocycles. The highest BCUT2D eigenvalue weighted by molar-refractivity contribution is 6.31. The number of carbonyl (C=O) groups excluding carboxylic acids is 2. The fourth-order valence-electron chi connectivity index (χ4n) is 3.50. The Balaban J connectivity index is 2.02. The van der Waals surface area contributed by atoms with Crippen LogP contribution in [0.15, 0.2) is 27.8 Å². The first-order valence-electron chi connectivity index (χ1n) is 10.3. The minimum Gasteiger partial charge on any atom is -0.482 e. The molecule has 12 heteroatoms. The van der Waals surface area contributed by atoms with E-state index in [0.717, 1.165) is 4.90 Å². The van der Waals surface area contributed by atoms with Crippen LogP contribution in [-0.2, 0) is 20.9 Å². The van der Waals surface area contributed by atoms with Gasteiger partial charge in [0.2, 0.25) is 5.91 Å². The molecule has 2 heterocycles. The Morgan fingerprint density at radius 1 is 1.33 bits per heavy atom. The van der Waals surface area contributed by atoms with Crippen molar-refractivity contribution in [2.75, 3.05) is 48.9 Å². The van der Waals surface area contributed by atoms with E-state index in [1.807, 2.05) is 13.8 Å². The van der Waals surface area contributed by atoms with Crippen LogP contribution in [0.2, 0.25) is 5.02 Å². The van der Waals surface area contributed by atoms with E-state index in [0.29, 0.717) is 16.5 Å². The van der Waals surface area contributed by atoms with E-state index in [4.69, 9.17) is 26.8 Å². The van der Waals surface area contributed by atoms with Gasteiger partial charge < -0.3 is 20.1 Å². The minimum absolute atomic E-state index is 0.0244. The monoisotopic (exact) mass is 479 g/mol. The molecule has 2 amide bonds. The van der Waals surface area contributed by atoms with Gasteiger partial charge in [-0.2, -0.15) is 0 Å². The molecule has 0 saturated heterocycles. The predicted octanol–water partition coefficient (Wildman–Crippen LogP) is 0.833. The second kappa shape index (κ2) is 10.1. The molecule has 0 atom stereocenters. The topological polar surface area (TPSA) is 140 Å². The molecule has 1 aliphatic rings. The Labute approximate surface area is 194 Å². The van der Waals surface area contributed by atoms with Gasteiger partial charge >= 0.3 is 5.69 Å². The largest absolute Gasteiger partial charge is 0.482 e. The first kappa shape index (κ1) is 24.3. The summed E-state index contributed by atoms with van der Waals surface area (Å²) in [6.07, 6.45) is 0. The molecule has 2 aromatic rings. The summed E-state index contributed by atoms with van der Waals surface area (Å²) in [5.41, 5.74) is 4.88. The Kier molecular flexibility index (Phi) is 7.44. The summed E-state index contributed by atoms with van der Waals surface area (Å²) in [7, 11) is 1.44. The van der Waals surface area contributed by atoms with Crippen molar-refractivity contribution in [2.24, 2.45) is 5.92 Å². The molecule has 0 saturated carbocycles. The van der Waals surface area contributed by atoms with Crippen molar-refractivity contribution >= 4 is 40.6 Å². The van der Waals surface area contributed by atoms with Crippen LogP contribution in [0.25, 0.3) is 0 Å². The molecule has 3 rings (SSSR count). The molecule has 1 aromatic carbocycles. The highest BCUT2D eigenvalue weighted by Crippen LogP contribution is 2.34. The van der Waals surface area contributed by atoms with Crippen LogP contribution >= 0.6 is 11.6 Å². The summed E-state index contributed by atoms with van der Waals surface area (Å²) < 4.78 is 11.7. The lowest BCUT2D eigenvalue weighted by atomic mass is 10.2. The predicted molar refractivity (Wildman–Crippen MR) is 124 cm³/mol. The molecule has 3 N–H and O–H groups in total. The molecule has 0 spiro atoms. The fraction of sp³-hybridized carbons (Fsp3) is 0.429. The number of rotatable bonds is 8. The van der Waals surface area contributed by atoms with Gasteiger partial charge in [0, 0.05) is 25.2 Å². The number of nitrogen functional groups attached to an aromatic ring is 1. The molecular weight excluding hydrogens is 454 g/mol. The number of nitrogens with two attached hydrogens (primary N) is 1. The molecular formula is C21H26ClN5O6. The van der Waals surface area contributed by atoms with Crippen LogP contribution in [0.1, 0.15) is 13.8 Å². The van der Waals surface area contributed by atoms with Crippen molar-refractivity contribution in [3.05, 3.63) is 44.1 Å². The van der Waals surface area contributed by atoms with E-state index >= 15 is 0 Å². The lowest BCUT2D eigenvalue weighted by molar-refractivity contribution is -0.124. The lowest BCUT2D eigenvalue weighted by Crippen LogP contribution is -2.49. The van der Waals surface area contributed by atoms with E-state index in [1.54, 1.807) is 12.1 Å². The molecule has 0 unspecified atom stereocenters. The first-order chi connectivity index (χ1) is 15.6. The van der Waals surface area contributed by atoms with Crippen molar-refractivity contribution in [2.45, 2.75) is 20.4 Å². The number of aromatic amines is 1. The summed E-state index contributed by atoms with van der Waals surface area (Å²) in [5, 5.41) is 0.363. The number of H-pyrrole nitrogens is 1. The maximum absolute atomic E-state index is 13.4. The number of fused-ring (bicyclic) bond motifs is 1. The van der Waals surface area contributed by atoms with Crippen LogP contribution in [0.3, 0.4) is 0 Å². The molecule has 33 heavy (non-hydrogen) atoms. The number of nitrogens with zero attached hydrogens (tertiary/aromatic N) is 3. The molecule has 0 bridgehead atoms. The number of nitrogens with one attached hydrogen (secondary N) is 1. The minimum atomic E-state index is -0.807. The smallest absolute Gasteiger partial charge is 0.330 e. The Morgan fingerprint density at radius 3 is 2.73 bits per heavy atom. The van der Waals surface area contributed by atoms with E-state index in [2.05, 4.69) is 4.98 Å². The number of halogens is 1. The summed E-state index contributed by atoms with van der Waals surface area (Å²) in [5.74, 6) is -0.729. The molecule has 1 aromatic heterocycles. The van der Waals surface area contributed by atoms with E-state index < -0.39 is 29.6 Å². The van der Waals surface area contributed by atoms with E-state index in [1.165, 1.54) is 22.6 Å². The van der Waals surface area contributed by atoms with Gasteiger partial charge in [-0.05, 0) is 24.1 Å². The van der Waals surface area contributed by atoms with Crippen LogP contribution in [-0.4, -0.2) is 54.8 Å². The third-order valence-corrected chi connectivity index (χ3v) is 5.24. The van der Waals surface area contributed by atoms with Gasteiger partial charge in [-0.1, -0.05) is 25.4 Å². The number of methoxy groups -OCH3 is 1. The van der Waals surface area contributed by atoms with Crippen LogP contribution < -0.4 is 31.5 Å². The molecule has 0 aliphatic carbocycles. The number of hydrogen-bond acceptors (Lipinski definition) is 7. The number of carbonyl (C=O) groups is 2. The summed E-state index contributed by atoms with van der Waals surface area (Å²) >= 11 is 6.07. The van der Waals surface area contributed by atoms with Gasteiger partial charge in [-0.15, -0.1) is 0 Å². The quantitative estimate of drug-likeness (QED) is 0.571. The van der Waals surface area contributed by atoms with Gasteiger partial charge in [0.05, 0.1) is 12.3 Å². The number of aromatic nitrogens is 2. The fourth-order valence-corrected chi connectivity index (χ4v) is 3.66. The molecule has 0 radical (unpaired) electrons. The maximum atomic E-state index is 13.4. The zero-order valence-corrected chi connectivity index (χ0v) is 19.3. The number of amides is 2. The van der Waals surface area contributed by atoms with E-state index in [9.17, 15) is 19.2 Å². The van der Waals surface area contributed by atoms with Gasteiger partial charge in [-0.3, -0.25) is 28.8 Å². The molecule has 178 valence electrons. The Hall–Kier alpha value is -3.31. The summed E-state index contributed by atoms with van der Waals surface area (Å²) in [4.78, 5) is 55.5. The maximum Gasteiger partial charge on any atom is 0.330 e. The van der Waals surface area contributed by atoms with Crippen LogP contribution in [0.4, 0.5) is 17.2 Å². The lowest BCUT2D eigenvalue weighted by Gasteiger charge is -2.31. The average molecular weight is 480 g/mol. The van der Waals surface area contributed by atoms with Crippen molar-refractivity contribution in [3.63, 3.8) is 0 Å². The Bertz CT molecular complexity index is 1170. The SMILES string of the molecule is COCCN(C(=O)CN1C(=O)COc2ccc(Cl)cc21)c1c(N)n(CC(C)C)c(=O)[nH]c1=O. The van der Waals surface area contributed by atoms with Crippen LogP contribution in [0.5, 0.6) is 5.75 Å². The normalized spacial score (nSPS) is 13.1. The van der Waals surface area contributed by atoms with Gasteiger partial charge in [-0.25, -0.2) is 4.79 Å². The number of hydrogen-bond donors (Lipinski definition) is 2. The zero-order valence-electron chi connectivity index (χ0n) is 18.6. The number of benzene rings is 1. The van der Waals surface area contributed by atoms with Crippen molar-refractivity contribution in [3.8, 4) is 5.75 Å². The van der Waals surface area contributed by atoms with Crippen molar-refractivity contribution < 1.29 is 19.1 Å². The summed E-state index contributed by atoms with van der Waals surface area (Å²) in [6.45, 7) is 3.43. The standard InChI is InChI=1S/C21H26ClN5O6/c1-12(2)9-27-19(23)18(20(30)24-21(27)31)25(6-7-32-3)16(28)10-26-14-8-13(22)4-5-15(14)33-11-17(26)29/h4-5,8,12H,6-7,9-11,23H2,1-3H3,(H,24,30,31). The van der Waals surface area contributed by atoms with Gasteiger partial charge in [0.1, 0.15) is 18.1 Å². The van der Waals surface area contributed by atoms with Gasteiger partial charge in [0.25, 0.3) is 11.5 Å². The highest BCUT2D eigenvalue weighted by atomic mass is 35.5. The average Bonchev–Trinajstić information content (AvgIpc) is 2.75. The first-order valence-corrected chi connectivity index (χ1v) is 10.7. The second-order valence-corrected chi connectivity index (χ2v) is 8.35. The number of anilines is 3. The van der Waals surface area contributed by atoms with E-state index in [-0.39, 0.29) is 43.7 Å². The molecule has 0 fully saturated rings. The third kappa shape index (κ3) is 5.20. The number of ether oxygens (including phenoxy) is 2. The zero-order chi connectivity index (χ0) is 24.3. The second-order valence-electron chi connectivity index (χ2n) is 7.92. The highest BCUT2D eigenvalue weighted by Gasteiger charge is 2.31. The van der Waals surface area contributed by atoms with Crippen LogP contribution in [0, 0.1) is 5.92 Å². The molecule has 11 nitrogen and oxygen atoms in total. The summed E-state index contributed by atoms with van der Waals surface area (Å²) in [6, 6.07) is 4.73. The van der Waals surface area contributed by atoms with Crippen molar-refractivity contribution in [1.29, 1.82) is 0 Å². The third-order valence-electron chi connectivity index (χ3n) is 5.01. The van der Waals surface area contributed by atoms with Gasteiger partial charge in [0.15, 0.2) is 12.3 Å².